The predicted octanol–water partition coefficient (Wildman–Crippen LogP) is 4.12. The fourth-order valence-electron chi connectivity index (χ4n) is 1.97. The molecule has 3 heteroatoms. The number of benzene rings is 1. The molecule has 3 nitrogen and oxygen atoms in total. The Balaban J connectivity index is 2.13. The lowest BCUT2D eigenvalue weighted by Gasteiger charge is -2.18. The molecule has 1 N–H and O–H groups in total. The first-order chi connectivity index (χ1) is 8.54. The number of nitrogens with zero attached hydrogens (tertiary/aromatic N) is 1. The van der Waals surface area contributed by atoms with Gasteiger partial charge in [0.1, 0.15) is 11.2 Å². The quantitative estimate of drug-likeness (QED) is 0.695. The summed E-state index contributed by atoms with van der Waals surface area (Å²) in [6, 6.07) is 10.1. The molecule has 0 spiro atoms. The molecule has 0 fully saturated rings. The van der Waals surface area contributed by atoms with Crippen LogP contribution in [-0.2, 0) is 5.41 Å². The van der Waals surface area contributed by atoms with E-state index in [-0.39, 0.29) is 5.41 Å². The molecule has 0 unspecified atom stereocenters. The van der Waals surface area contributed by atoms with Crippen molar-refractivity contribution in [1.29, 1.82) is 0 Å². The summed E-state index contributed by atoms with van der Waals surface area (Å²) in [5, 5.41) is 0. The fourth-order valence-corrected chi connectivity index (χ4v) is 1.97. The van der Waals surface area contributed by atoms with Crippen molar-refractivity contribution in [1.82, 2.24) is 9.97 Å². The Hall–Kier alpha value is -2.03. The largest absolute Gasteiger partial charge is 0.435 e. The summed E-state index contributed by atoms with van der Waals surface area (Å²) in [4.78, 5) is 7.63. The van der Waals surface area contributed by atoms with E-state index in [2.05, 4.69) is 42.9 Å². The number of fused-ring (bicyclic) bond motifs is 1. The lowest BCUT2D eigenvalue weighted by Crippen LogP contribution is -2.10. The van der Waals surface area contributed by atoms with Gasteiger partial charge in [-0.3, -0.25) is 0 Å². The molecule has 18 heavy (non-hydrogen) atoms. The van der Waals surface area contributed by atoms with Crippen LogP contribution in [-0.4, -0.2) is 9.97 Å². The summed E-state index contributed by atoms with van der Waals surface area (Å²) >= 11 is 0. The van der Waals surface area contributed by atoms with Crippen molar-refractivity contribution in [2.45, 2.75) is 26.2 Å². The van der Waals surface area contributed by atoms with Crippen LogP contribution in [0.2, 0.25) is 0 Å². The molecule has 0 aliphatic rings. The molecule has 0 atom stereocenters. The SMILES string of the molecule is CC(C)(C)c1ccc2oc(-c3ccc[nH]3)nc2c1. The first-order valence-corrected chi connectivity index (χ1v) is 6.09. The molecule has 0 aliphatic carbocycles. The van der Waals surface area contributed by atoms with E-state index in [4.69, 9.17) is 4.42 Å². The summed E-state index contributed by atoms with van der Waals surface area (Å²) in [5.74, 6) is 0.640. The van der Waals surface area contributed by atoms with Crippen molar-refractivity contribution in [3.8, 4) is 11.6 Å². The maximum Gasteiger partial charge on any atom is 0.244 e. The van der Waals surface area contributed by atoms with Gasteiger partial charge in [-0.15, -0.1) is 0 Å². The minimum atomic E-state index is 0.125. The molecule has 2 aromatic heterocycles. The maximum atomic E-state index is 5.74. The Kier molecular flexibility index (Phi) is 2.30. The van der Waals surface area contributed by atoms with Gasteiger partial charge in [0.25, 0.3) is 0 Å². The van der Waals surface area contributed by atoms with Gasteiger partial charge in [0.2, 0.25) is 5.89 Å². The van der Waals surface area contributed by atoms with E-state index >= 15 is 0 Å². The summed E-state index contributed by atoms with van der Waals surface area (Å²) < 4.78 is 5.74. The van der Waals surface area contributed by atoms with Crippen LogP contribution in [0.5, 0.6) is 0 Å². The highest BCUT2D eigenvalue weighted by atomic mass is 16.3. The van der Waals surface area contributed by atoms with Gasteiger partial charge in [-0.1, -0.05) is 26.8 Å². The second-order valence-corrected chi connectivity index (χ2v) is 5.54. The molecule has 0 amide bonds. The van der Waals surface area contributed by atoms with Gasteiger partial charge >= 0.3 is 0 Å². The Morgan fingerprint density at radius 3 is 2.67 bits per heavy atom. The van der Waals surface area contributed by atoms with Crippen molar-refractivity contribution in [3.63, 3.8) is 0 Å². The van der Waals surface area contributed by atoms with Crippen LogP contribution in [0.1, 0.15) is 26.3 Å². The van der Waals surface area contributed by atoms with Crippen molar-refractivity contribution >= 4 is 11.1 Å². The number of aromatic amines is 1. The highest BCUT2D eigenvalue weighted by Crippen LogP contribution is 2.28. The number of rotatable bonds is 1. The summed E-state index contributed by atoms with van der Waals surface area (Å²) in [5.41, 5.74) is 4.03. The van der Waals surface area contributed by atoms with Crippen LogP contribution >= 0.6 is 0 Å². The zero-order valence-corrected chi connectivity index (χ0v) is 10.8. The topological polar surface area (TPSA) is 41.8 Å². The van der Waals surface area contributed by atoms with Crippen LogP contribution in [0.3, 0.4) is 0 Å². The van der Waals surface area contributed by atoms with E-state index in [1.807, 2.05) is 24.4 Å². The standard InChI is InChI=1S/C15H16N2O/c1-15(2,3)10-6-7-13-12(9-10)17-14(18-13)11-5-4-8-16-11/h4-9,16H,1-3H3. The van der Waals surface area contributed by atoms with Crippen LogP contribution in [0, 0.1) is 0 Å². The van der Waals surface area contributed by atoms with E-state index in [1.54, 1.807) is 0 Å². The van der Waals surface area contributed by atoms with Crippen molar-refractivity contribution < 1.29 is 4.42 Å². The van der Waals surface area contributed by atoms with E-state index in [9.17, 15) is 0 Å². The molecule has 0 bridgehead atoms. The predicted molar refractivity (Wildman–Crippen MR) is 72.5 cm³/mol. The number of oxazole rings is 1. The Labute approximate surface area is 106 Å². The van der Waals surface area contributed by atoms with Gasteiger partial charge in [0, 0.05) is 6.20 Å². The smallest absolute Gasteiger partial charge is 0.244 e. The Bertz CT molecular complexity index is 672. The average molecular weight is 240 g/mol. The third kappa shape index (κ3) is 1.82. The molecule has 2 heterocycles. The highest BCUT2D eigenvalue weighted by Gasteiger charge is 2.16. The first kappa shape index (κ1) is 11.1. The zero-order chi connectivity index (χ0) is 12.8. The third-order valence-corrected chi connectivity index (χ3v) is 3.08. The monoisotopic (exact) mass is 240 g/mol. The maximum absolute atomic E-state index is 5.74. The van der Waals surface area contributed by atoms with E-state index < -0.39 is 0 Å². The molecule has 1 aromatic carbocycles. The normalized spacial score (nSPS) is 12.2. The number of hydrogen-bond acceptors (Lipinski definition) is 2. The van der Waals surface area contributed by atoms with Crippen molar-refractivity contribution in [2.75, 3.05) is 0 Å². The molecule has 3 rings (SSSR count). The number of nitrogens with one attached hydrogen (secondary N) is 1. The van der Waals surface area contributed by atoms with Crippen LogP contribution in [0.15, 0.2) is 40.9 Å². The van der Waals surface area contributed by atoms with E-state index in [0.29, 0.717) is 5.89 Å². The minimum Gasteiger partial charge on any atom is -0.435 e. The van der Waals surface area contributed by atoms with Crippen LogP contribution in [0.4, 0.5) is 0 Å². The number of H-pyrrole nitrogens is 1. The van der Waals surface area contributed by atoms with Gasteiger partial charge in [-0.05, 0) is 35.2 Å². The van der Waals surface area contributed by atoms with Gasteiger partial charge in [0.15, 0.2) is 5.58 Å². The molecule has 0 aliphatic heterocycles. The van der Waals surface area contributed by atoms with Gasteiger partial charge < -0.3 is 9.40 Å². The van der Waals surface area contributed by atoms with E-state index in [0.717, 1.165) is 16.8 Å². The lowest BCUT2D eigenvalue weighted by atomic mass is 9.87. The first-order valence-electron chi connectivity index (χ1n) is 6.09. The summed E-state index contributed by atoms with van der Waals surface area (Å²) in [6.07, 6.45) is 1.87. The zero-order valence-electron chi connectivity index (χ0n) is 10.8. The molecular formula is C15H16N2O. The highest BCUT2D eigenvalue weighted by molar-refractivity contribution is 5.76. The van der Waals surface area contributed by atoms with Crippen molar-refractivity contribution in [2.24, 2.45) is 0 Å². The van der Waals surface area contributed by atoms with E-state index in [1.165, 1.54) is 5.56 Å². The lowest BCUT2D eigenvalue weighted by molar-refractivity contribution is 0.590. The summed E-state index contributed by atoms with van der Waals surface area (Å²) in [7, 11) is 0. The Morgan fingerprint density at radius 1 is 1.17 bits per heavy atom. The van der Waals surface area contributed by atoms with Gasteiger partial charge in [-0.25, -0.2) is 4.98 Å². The third-order valence-electron chi connectivity index (χ3n) is 3.08. The fraction of sp³-hybridized carbons (Fsp3) is 0.267. The van der Waals surface area contributed by atoms with Crippen molar-refractivity contribution in [3.05, 3.63) is 42.1 Å². The molecule has 0 saturated carbocycles. The second kappa shape index (κ2) is 3.73. The minimum absolute atomic E-state index is 0.125. The molecule has 0 radical (unpaired) electrons. The second-order valence-electron chi connectivity index (χ2n) is 5.54. The molecule has 92 valence electrons. The van der Waals surface area contributed by atoms with Crippen LogP contribution < -0.4 is 0 Å². The number of aromatic nitrogens is 2. The average Bonchev–Trinajstić information content (AvgIpc) is 2.95. The van der Waals surface area contributed by atoms with Gasteiger partial charge in [0.05, 0.1) is 0 Å². The van der Waals surface area contributed by atoms with Crippen LogP contribution in [0.25, 0.3) is 22.7 Å². The number of hydrogen-bond donors (Lipinski definition) is 1. The molecular weight excluding hydrogens is 224 g/mol. The van der Waals surface area contributed by atoms with Gasteiger partial charge in [-0.2, -0.15) is 0 Å². The summed E-state index contributed by atoms with van der Waals surface area (Å²) in [6.45, 7) is 6.58. The molecule has 0 saturated heterocycles. The Morgan fingerprint density at radius 2 is 2.00 bits per heavy atom. The molecule has 3 aromatic rings.